The lowest BCUT2D eigenvalue weighted by atomic mass is 10.1. The van der Waals surface area contributed by atoms with Gasteiger partial charge in [-0.3, -0.25) is 4.79 Å². The van der Waals surface area contributed by atoms with Gasteiger partial charge in [0.15, 0.2) is 0 Å². The summed E-state index contributed by atoms with van der Waals surface area (Å²) in [5.41, 5.74) is 1.53. The summed E-state index contributed by atoms with van der Waals surface area (Å²) in [7, 11) is 0. The van der Waals surface area contributed by atoms with Gasteiger partial charge in [0, 0.05) is 17.8 Å². The molecular formula is C16H13Cl3N2O. The van der Waals surface area contributed by atoms with E-state index in [1.807, 2.05) is 6.92 Å². The van der Waals surface area contributed by atoms with Crippen molar-refractivity contribution in [2.24, 2.45) is 0 Å². The summed E-state index contributed by atoms with van der Waals surface area (Å²) in [6, 6.07) is 8.47. The van der Waals surface area contributed by atoms with Gasteiger partial charge in [-0.15, -0.1) is 0 Å². The zero-order valence-corrected chi connectivity index (χ0v) is 14.1. The van der Waals surface area contributed by atoms with E-state index < -0.39 is 0 Å². The Balaban J connectivity index is 2.52. The Morgan fingerprint density at radius 2 is 1.91 bits per heavy atom. The Hall–Kier alpha value is -1.47. The van der Waals surface area contributed by atoms with Crippen molar-refractivity contribution in [2.75, 3.05) is 0 Å². The van der Waals surface area contributed by atoms with Crippen molar-refractivity contribution < 1.29 is 4.79 Å². The van der Waals surface area contributed by atoms with E-state index in [0.717, 1.165) is 12.1 Å². The fourth-order valence-electron chi connectivity index (χ4n) is 2.28. The lowest BCUT2D eigenvalue weighted by molar-refractivity contribution is 0.103. The maximum Gasteiger partial charge on any atom is 0.210 e. The summed E-state index contributed by atoms with van der Waals surface area (Å²) in [6.45, 7) is 2.61. The van der Waals surface area contributed by atoms with Crippen LogP contribution in [0.4, 0.5) is 0 Å². The number of nitriles is 1. The summed E-state index contributed by atoms with van der Waals surface area (Å²) >= 11 is 18.1. The minimum atomic E-state index is -0.235. The molecule has 1 aromatic heterocycles. The Bertz CT molecular complexity index is 759. The molecule has 2 rings (SSSR count). The minimum Gasteiger partial charge on any atom is -0.340 e. The number of benzene rings is 1. The van der Waals surface area contributed by atoms with Crippen LogP contribution in [-0.4, -0.2) is 10.4 Å². The monoisotopic (exact) mass is 354 g/mol. The van der Waals surface area contributed by atoms with Gasteiger partial charge in [-0.05, 0) is 30.7 Å². The van der Waals surface area contributed by atoms with Crippen LogP contribution >= 0.6 is 34.8 Å². The number of carbonyl (C=O) groups is 1. The molecule has 114 valence electrons. The maximum atomic E-state index is 12.8. The summed E-state index contributed by atoms with van der Waals surface area (Å²) in [4.78, 5) is 12.8. The van der Waals surface area contributed by atoms with Crippen LogP contribution in [0, 0.1) is 11.3 Å². The van der Waals surface area contributed by atoms with Crippen LogP contribution in [0.2, 0.25) is 15.1 Å². The predicted molar refractivity (Wildman–Crippen MR) is 88.9 cm³/mol. The highest BCUT2D eigenvalue weighted by molar-refractivity contribution is 6.42. The van der Waals surface area contributed by atoms with E-state index in [9.17, 15) is 4.79 Å². The second-order valence-corrected chi connectivity index (χ2v) is 6.00. The highest BCUT2D eigenvalue weighted by atomic mass is 35.5. The molecule has 0 saturated heterocycles. The molecule has 0 unspecified atom stereocenters. The molecule has 6 heteroatoms. The fraction of sp³-hybridized carbons (Fsp3) is 0.250. The van der Waals surface area contributed by atoms with E-state index in [1.165, 1.54) is 6.07 Å². The quantitative estimate of drug-likeness (QED) is 0.696. The van der Waals surface area contributed by atoms with Crippen LogP contribution in [0.1, 0.15) is 35.1 Å². The molecule has 0 fully saturated rings. The first-order chi connectivity index (χ1) is 10.5. The molecule has 0 aliphatic carbocycles. The van der Waals surface area contributed by atoms with Crippen LogP contribution in [0.25, 0.3) is 0 Å². The SMILES string of the molecule is CCCn1c(CC#N)cc(Cl)c1C(=O)c1ccc(Cl)c(Cl)c1. The van der Waals surface area contributed by atoms with Crippen molar-refractivity contribution in [3.63, 3.8) is 0 Å². The number of ketones is 1. The Morgan fingerprint density at radius 1 is 1.18 bits per heavy atom. The Morgan fingerprint density at radius 3 is 2.50 bits per heavy atom. The third kappa shape index (κ3) is 3.30. The number of rotatable bonds is 5. The van der Waals surface area contributed by atoms with Gasteiger partial charge in [0.2, 0.25) is 5.78 Å². The van der Waals surface area contributed by atoms with Crippen LogP contribution in [-0.2, 0) is 13.0 Å². The normalized spacial score (nSPS) is 10.5. The number of carbonyl (C=O) groups excluding carboxylic acids is 1. The smallest absolute Gasteiger partial charge is 0.210 e. The van der Waals surface area contributed by atoms with Gasteiger partial charge < -0.3 is 4.57 Å². The van der Waals surface area contributed by atoms with Gasteiger partial charge in [-0.25, -0.2) is 0 Å². The van der Waals surface area contributed by atoms with Crippen molar-refractivity contribution in [1.29, 1.82) is 5.26 Å². The molecule has 2 aromatic rings. The van der Waals surface area contributed by atoms with Crippen molar-refractivity contribution in [3.05, 3.63) is 56.3 Å². The average molecular weight is 356 g/mol. The summed E-state index contributed by atoms with van der Waals surface area (Å²) in [5, 5.41) is 9.96. The van der Waals surface area contributed by atoms with Crippen LogP contribution in [0.3, 0.4) is 0 Å². The topological polar surface area (TPSA) is 45.8 Å². The first-order valence-electron chi connectivity index (χ1n) is 6.74. The molecule has 0 bridgehead atoms. The molecule has 0 atom stereocenters. The molecule has 0 N–H and O–H groups in total. The summed E-state index contributed by atoms with van der Waals surface area (Å²) in [5.74, 6) is -0.235. The van der Waals surface area contributed by atoms with Crippen LogP contribution in [0.15, 0.2) is 24.3 Å². The molecule has 1 heterocycles. The highest BCUT2D eigenvalue weighted by Gasteiger charge is 2.21. The first kappa shape index (κ1) is 16.9. The van der Waals surface area contributed by atoms with E-state index in [4.69, 9.17) is 40.1 Å². The van der Waals surface area contributed by atoms with E-state index in [-0.39, 0.29) is 12.2 Å². The van der Waals surface area contributed by atoms with Gasteiger partial charge in [-0.1, -0.05) is 41.7 Å². The fourth-order valence-corrected chi connectivity index (χ4v) is 2.89. The van der Waals surface area contributed by atoms with Crippen molar-refractivity contribution in [2.45, 2.75) is 26.3 Å². The third-order valence-electron chi connectivity index (χ3n) is 3.24. The van der Waals surface area contributed by atoms with Crippen molar-refractivity contribution in [3.8, 4) is 6.07 Å². The van der Waals surface area contributed by atoms with Gasteiger partial charge in [-0.2, -0.15) is 5.26 Å². The molecule has 0 saturated carbocycles. The molecule has 0 amide bonds. The molecule has 0 radical (unpaired) electrons. The van der Waals surface area contributed by atoms with Crippen molar-refractivity contribution in [1.82, 2.24) is 4.57 Å². The Labute approximate surface area is 144 Å². The third-order valence-corrected chi connectivity index (χ3v) is 4.27. The highest BCUT2D eigenvalue weighted by Crippen LogP contribution is 2.28. The second-order valence-electron chi connectivity index (χ2n) is 4.78. The molecule has 22 heavy (non-hydrogen) atoms. The standard InChI is InChI=1S/C16H13Cl3N2O/c1-2-7-21-11(5-6-20)9-14(19)15(21)16(22)10-3-4-12(17)13(18)8-10/h3-4,8-9H,2,5,7H2,1H3. The van der Waals surface area contributed by atoms with Gasteiger partial charge in [0.1, 0.15) is 5.69 Å². The predicted octanol–water partition coefficient (Wildman–Crippen LogP) is 5.16. The number of hydrogen-bond acceptors (Lipinski definition) is 2. The van der Waals surface area contributed by atoms with Gasteiger partial charge >= 0.3 is 0 Å². The summed E-state index contributed by atoms with van der Waals surface area (Å²) in [6.07, 6.45) is 1.03. The van der Waals surface area contributed by atoms with E-state index in [0.29, 0.717) is 32.9 Å². The number of halogens is 3. The van der Waals surface area contributed by atoms with Gasteiger partial charge in [0.25, 0.3) is 0 Å². The van der Waals surface area contributed by atoms with Crippen LogP contribution in [0.5, 0.6) is 0 Å². The zero-order valence-electron chi connectivity index (χ0n) is 11.9. The van der Waals surface area contributed by atoms with E-state index in [1.54, 1.807) is 22.8 Å². The second kappa shape index (κ2) is 7.19. The van der Waals surface area contributed by atoms with Gasteiger partial charge in [0.05, 0.1) is 27.6 Å². The number of hydrogen-bond donors (Lipinski definition) is 0. The molecule has 1 aromatic carbocycles. The molecular weight excluding hydrogens is 343 g/mol. The average Bonchev–Trinajstić information content (AvgIpc) is 2.78. The molecule has 3 nitrogen and oxygen atoms in total. The van der Waals surface area contributed by atoms with E-state index >= 15 is 0 Å². The van der Waals surface area contributed by atoms with E-state index in [2.05, 4.69) is 6.07 Å². The Kier molecular flexibility index (Phi) is 5.52. The number of nitrogens with zero attached hydrogens (tertiary/aromatic N) is 2. The molecule has 0 aliphatic heterocycles. The lowest BCUT2D eigenvalue weighted by Crippen LogP contribution is -2.13. The lowest BCUT2D eigenvalue weighted by Gasteiger charge is -2.11. The van der Waals surface area contributed by atoms with Crippen LogP contribution < -0.4 is 0 Å². The first-order valence-corrected chi connectivity index (χ1v) is 7.87. The van der Waals surface area contributed by atoms with Crippen molar-refractivity contribution >= 4 is 40.6 Å². The largest absolute Gasteiger partial charge is 0.340 e. The zero-order chi connectivity index (χ0) is 16.3. The number of aromatic nitrogens is 1. The maximum absolute atomic E-state index is 12.8. The summed E-state index contributed by atoms with van der Waals surface area (Å²) < 4.78 is 1.80. The minimum absolute atomic E-state index is 0.203. The molecule has 0 spiro atoms. The molecule has 0 aliphatic rings.